The van der Waals surface area contributed by atoms with E-state index in [9.17, 15) is 4.79 Å². The van der Waals surface area contributed by atoms with Crippen molar-refractivity contribution in [2.75, 3.05) is 20.3 Å². The fourth-order valence-corrected chi connectivity index (χ4v) is 3.71. The first kappa shape index (κ1) is 23.1. The molecule has 0 spiro atoms. The van der Waals surface area contributed by atoms with Gasteiger partial charge in [-0.25, -0.2) is 0 Å². The van der Waals surface area contributed by atoms with Crippen LogP contribution in [-0.4, -0.2) is 43.0 Å². The molecular formula is C26H27N3O5. The van der Waals surface area contributed by atoms with Gasteiger partial charge in [0, 0.05) is 12.5 Å². The van der Waals surface area contributed by atoms with Crippen molar-refractivity contribution in [3.8, 4) is 17.2 Å². The molecule has 0 saturated heterocycles. The molecule has 0 aromatic heterocycles. The van der Waals surface area contributed by atoms with Crippen LogP contribution in [0.15, 0.2) is 58.8 Å². The summed E-state index contributed by atoms with van der Waals surface area (Å²) in [5.41, 5.74) is 3.15. The van der Waals surface area contributed by atoms with Crippen molar-refractivity contribution in [1.29, 1.82) is 5.41 Å². The third-order valence-corrected chi connectivity index (χ3v) is 5.19. The summed E-state index contributed by atoms with van der Waals surface area (Å²) in [5.74, 6) is 2.30. The number of hydrogen-bond donors (Lipinski definition) is 1. The summed E-state index contributed by atoms with van der Waals surface area (Å²) in [6, 6.07) is 11.5. The Labute approximate surface area is 198 Å². The Morgan fingerprint density at radius 3 is 2.50 bits per heavy atom. The molecule has 8 nitrogen and oxygen atoms in total. The number of amidine groups is 2. The fourth-order valence-electron chi connectivity index (χ4n) is 3.71. The summed E-state index contributed by atoms with van der Waals surface area (Å²) < 4.78 is 17.2. The number of methoxy groups -OCH3 is 1. The number of aliphatic imine (C=N–C) groups is 1. The molecule has 2 aromatic rings. The van der Waals surface area contributed by atoms with Gasteiger partial charge in [0.15, 0.2) is 23.2 Å². The molecule has 0 atom stereocenters. The molecule has 2 aromatic carbocycles. The molecule has 1 N–H and O–H groups in total. The lowest BCUT2D eigenvalue weighted by atomic mass is 10.1. The number of rotatable bonds is 8. The SMILES string of the molecule is COc1cc(/C=C2/C(=N)N3OC(C)=CC3=NC2=O)ccc1OCCCOc1cc(C)cc(C)c1. The van der Waals surface area contributed by atoms with E-state index in [0.29, 0.717) is 48.3 Å². The molecule has 34 heavy (non-hydrogen) atoms. The van der Waals surface area contributed by atoms with Crippen LogP contribution >= 0.6 is 0 Å². The largest absolute Gasteiger partial charge is 0.493 e. The number of nitrogens with zero attached hydrogens (tertiary/aromatic N) is 2. The maximum absolute atomic E-state index is 12.4. The maximum Gasteiger partial charge on any atom is 0.282 e. The minimum atomic E-state index is -0.492. The Bertz CT molecular complexity index is 1210. The van der Waals surface area contributed by atoms with Crippen LogP contribution < -0.4 is 14.2 Å². The van der Waals surface area contributed by atoms with Crippen LogP contribution in [0.2, 0.25) is 0 Å². The Morgan fingerprint density at radius 2 is 1.76 bits per heavy atom. The summed E-state index contributed by atoms with van der Waals surface area (Å²) in [7, 11) is 1.55. The molecule has 0 bridgehead atoms. The lowest BCUT2D eigenvalue weighted by Gasteiger charge is -2.23. The molecule has 0 aliphatic carbocycles. The van der Waals surface area contributed by atoms with Crippen molar-refractivity contribution in [2.24, 2.45) is 4.99 Å². The molecule has 8 heteroatoms. The molecule has 2 aliphatic rings. The van der Waals surface area contributed by atoms with Gasteiger partial charge < -0.3 is 19.0 Å². The zero-order valence-corrected chi connectivity index (χ0v) is 19.7. The van der Waals surface area contributed by atoms with Crippen LogP contribution in [-0.2, 0) is 9.63 Å². The number of carbonyl (C=O) groups excluding carboxylic acids is 1. The minimum absolute atomic E-state index is 0.0637. The molecular weight excluding hydrogens is 434 g/mol. The van der Waals surface area contributed by atoms with Gasteiger partial charge >= 0.3 is 0 Å². The van der Waals surface area contributed by atoms with Gasteiger partial charge in [0.1, 0.15) is 11.5 Å². The number of amides is 1. The second kappa shape index (κ2) is 9.82. The Kier molecular flexibility index (Phi) is 6.67. The van der Waals surface area contributed by atoms with Crippen LogP contribution in [0.4, 0.5) is 0 Å². The number of fused-ring (bicyclic) bond motifs is 1. The van der Waals surface area contributed by atoms with Crippen LogP contribution in [0.5, 0.6) is 17.2 Å². The molecule has 0 saturated carbocycles. The standard InChI is InChI=1S/C26H27N3O5/c1-16-10-17(2)12-20(11-16)32-8-5-9-33-22-7-6-19(15-23(22)31-4)14-21-25(27)29-24(28-26(21)30)13-18(3)34-29/h6-7,10-15,27H,5,8-9H2,1-4H3/b21-14-,27-25?. The highest BCUT2D eigenvalue weighted by atomic mass is 16.7. The van der Waals surface area contributed by atoms with Crippen LogP contribution in [0.1, 0.15) is 30.0 Å². The highest BCUT2D eigenvalue weighted by Gasteiger charge is 2.34. The van der Waals surface area contributed by atoms with Gasteiger partial charge in [0.25, 0.3) is 5.91 Å². The average molecular weight is 462 g/mol. The molecule has 4 rings (SSSR count). The van der Waals surface area contributed by atoms with Crippen molar-refractivity contribution >= 4 is 23.7 Å². The summed E-state index contributed by atoms with van der Waals surface area (Å²) in [5, 5.41) is 9.56. The van der Waals surface area contributed by atoms with E-state index in [2.05, 4.69) is 11.1 Å². The van der Waals surface area contributed by atoms with Crippen molar-refractivity contribution < 1.29 is 23.8 Å². The van der Waals surface area contributed by atoms with E-state index in [0.717, 1.165) is 5.75 Å². The summed E-state index contributed by atoms with van der Waals surface area (Å²) in [6.07, 6.45) is 3.91. The first-order valence-corrected chi connectivity index (χ1v) is 11.0. The Hall–Kier alpha value is -4.07. The summed E-state index contributed by atoms with van der Waals surface area (Å²) in [6.45, 7) is 6.83. The third-order valence-electron chi connectivity index (χ3n) is 5.19. The second-order valence-corrected chi connectivity index (χ2v) is 8.11. The van der Waals surface area contributed by atoms with Crippen molar-refractivity contribution in [1.82, 2.24) is 5.06 Å². The number of aryl methyl sites for hydroxylation is 2. The van der Waals surface area contributed by atoms with E-state index in [4.69, 9.17) is 24.5 Å². The lowest BCUT2D eigenvalue weighted by Crippen LogP contribution is -2.38. The number of hydrogen-bond acceptors (Lipinski definition) is 6. The average Bonchev–Trinajstić information content (AvgIpc) is 3.16. The second-order valence-electron chi connectivity index (χ2n) is 8.11. The molecule has 1 amide bonds. The number of ether oxygens (including phenoxy) is 3. The maximum atomic E-state index is 12.4. The monoisotopic (exact) mass is 461 g/mol. The first-order chi connectivity index (χ1) is 16.3. The van der Waals surface area contributed by atoms with Crippen molar-refractivity contribution in [3.05, 3.63) is 70.5 Å². The first-order valence-electron chi connectivity index (χ1n) is 11.0. The number of allylic oxidation sites excluding steroid dienone is 1. The molecule has 176 valence electrons. The normalized spacial score (nSPS) is 16.1. The molecule has 0 fully saturated rings. The molecule has 0 radical (unpaired) electrons. The highest BCUT2D eigenvalue weighted by Crippen LogP contribution is 2.30. The Balaban J connectivity index is 1.37. The number of hydroxylamine groups is 2. The smallest absolute Gasteiger partial charge is 0.282 e. The zero-order chi connectivity index (χ0) is 24.2. The number of nitrogens with one attached hydrogen (secondary N) is 1. The van der Waals surface area contributed by atoms with Gasteiger partial charge in [-0.3, -0.25) is 10.2 Å². The summed E-state index contributed by atoms with van der Waals surface area (Å²) >= 11 is 0. The Morgan fingerprint density at radius 1 is 1.03 bits per heavy atom. The van der Waals surface area contributed by atoms with Gasteiger partial charge in [-0.15, -0.1) is 5.06 Å². The van der Waals surface area contributed by atoms with Gasteiger partial charge in [-0.1, -0.05) is 12.1 Å². The number of benzene rings is 2. The van der Waals surface area contributed by atoms with E-state index in [1.807, 2.05) is 26.0 Å². The predicted octanol–water partition coefficient (Wildman–Crippen LogP) is 4.61. The van der Waals surface area contributed by atoms with E-state index in [1.165, 1.54) is 16.2 Å². The van der Waals surface area contributed by atoms with Crippen molar-refractivity contribution in [2.45, 2.75) is 27.2 Å². The van der Waals surface area contributed by atoms with Gasteiger partial charge in [-0.05, 0) is 67.8 Å². The number of carbonyl (C=O) groups is 1. The van der Waals surface area contributed by atoms with Gasteiger partial charge in [0.2, 0.25) is 0 Å². The molecule has 2 heterocycles. The van der Waals surface area contributed by atoms with E-state index < -0.39 is 5.91 Å². The van der Waals surface area contributed by atoms with Gasteiger partial charge in [0.05, 0.1) is 25.9 Å². The predicted molar refractivity (Wildman–Crippen MR) is 129 cm³/mol. The van der Waals surface area contributed by atoms with E-state index >= 15 is 0 Å². The van der Waals surface area contributed by atoms with E-state index in [-0.39, 0.29) is 11.4 Å². The third kappa shape index (κ3) is 5.11. The molecule has 2 aliphatic heterocycles. The molecule has 0 unspecified atom stereocenters. The minimum Gasteiger partial charge on any atom is -0.493 e. The van der Waals surface area contributed by atoms with Crippen LogP contribution in [0.3, 0.4) is 0 Å². The summed E-state index contributed by atoms with van der Waals surface area (Å²) in [4.78, 5) is 21.9. The lowest BCUT2D eigenvalue weighted by molar-refractivity contribution is -0.114. The fraction of sp³-hybridized carbons (Fsp3) is 0.269. The van der Waals surface area contributed by atoms with Crippen LogP contribution in [0.25, 0.3) is 6.08 Å². The van der Waals surface area contributed by atoms with Gasteiger partial charge in [-0.2, -0.15) is 4.99 Å². The quantitative estimate of drug-likeness (QED) is 0.456. The topological polar surface area (TPSA) is 93.4 Å². The van der Waals surface area contributed by atoms with E-state index in [1.54, 1.807) is 44.4 Å². The zero-order valence-electron chi connectivity index (χ0n) is 19.7. The van der Waals surface area contributed by atoms with Crippen molar-refractivity contribution in [3.63, 3.8) is 0 Å². The van der Waals surface area contributed by atoms with Crippen LogP contribution in [0, 0.1) is 19.3 Å². The highest BCUT2D eigenvalue weighted by molar-refractivity contribution is 6.32.